The number of hydrogen-bond acceptors (Lipinski definition) is 3. The molecular weight excluding hydrogens is 184 g/mol. The Labute approximate surface area is 80.2 Å². The Morgan fingerprint density at radius 1 is 1.38 bits per heavy atom. The van der Waals surface area contributed by atoms with Crippen LogP contribution in [0.2, 0.25) is 0 Å². The Morgan fingerprint density at radius 3 is 2.85 bits per heavy atom. The van der Waals surface area contributed by atoms with Crippen molar-refractivity contribution in [2.24, 2.45) is 4.36 Å². The molecule has 1 aliphatic rings. The second-order valence-corrected chi connectivity index (χ2v) is 4.75. The number of fused-ring (bicyclic) bond motifs is 1. The molecule has 1 aliphatic heterocycles. The molecule has 2 rings (SSSR count). The summed E-state index contributed by atoms with van der Waals surface area (Å²) in [6.07, 6.45) is 3.93. The first-order valence-corrected chi connectivity index (χ1v) is 6.06. The van der Waals surface area contributed by atoms with Gasteiger partial charge in [0.2, 0.25) is 0 Å². The SMILES string of the molecule is CS(C)=NC1Nc2ccccc2O1. The van der Waals surface area contributed by atoms with E-state index < -0.39 is 0 Å². The van der Waals surface area contributed by atoms with Crippen LogP contribution in [-0.2, 0) is 10.7 Å². The van der Waals surface area contributed by atoms with Gasteiger partial charge < -0.3 is 10.1 Å². The third-order valence-electron chi connectivity index (χ3n) is 1.71. The van der Waals surface area contributed by atoms with Crippen molar-refractivity contribution in [3.05, 3.63) is 24.3 Å². The molecule has 4 heteroatoms. The Hall–Kier alpha value is -1.03. The summed E-state index contributed by atoms with van der Waals surface area (Å²) in [5.41, 5.74) is 1.03. The fourth-order valence-electron chi connectivity index (χ4n) is 1.21. The molecule has 1 heterocycles. The van der Waals surface area contributed by atoms with Crippen LogP contribution in [0.1, 0.15) is 0 Å². The first kappa shape index (κ1) is 8.56. The lowest BCUT2D eigenvalue weighted by Crippen LogP contribution is -2.17. The lowest BCUT2D eigenvalue weighted by Gasteiger charge is -2.05. The summed E-state index contributed by atoms with van der Waals surface area (Å²) in [5.74, 6) is 0.890. The smallest absolute Gasteiger partial charge is 0.273 e. The number of hydrogen-bond donors (Lipinski definition) is 1. The molecule has 1 aromatic rings. The maximum absolute atomic E-state index is 5.55. The van der Waals surface area contributed by atoms with E-state index in [0.29, 0.717) is 0 Å². The van der Waals surface area contributed by atoms with Crippen LogP contribution in [0.5, 0.6) is 5.75 Å². The second-order valence-electron chi connectivity index (χ2n) is 2.99. The van der Waals surface area contributed by atoms with Gasteiger partial charge >= 0.3 is 0 Å². The van der Waals surface area contributed by atoms with E-state index >= 15 is 0 Å². The number of benzene rings is 1. The largest absolute Gasteiger partial charge is 0.448 e. The van der Waals surface area contributed by atoms with Gasteiger partial charge in [-0.15, -0.1) is 10.7 Å². The van der Waals surface area contributed by atoms with Gasteiger partial charge in [0.1, 0.15) is 5.75 Å². The molecule has 0 aliphatic carbocycles. The van der Waals surface area contributed by atoms with Crippen LogP contribution in [-0.4, -0.2) is 18.9 Å². The van der Waals surface area contributed by atoms with E-state index in [1.54, 1.807) is 0 Å². The van der Waals surface area contributed by atoms with Crippen LogP contribution in [0.4, 0.5) is 5.69 Å². The van der Waals surface area contributed by atoms with E-state index in [1.807, 2.05) is 24.3 Å². The van der Waals surface area contributed by atoms with Gasteiger partial charge in [-0.25, -0.2) is 4.36 Å². The second kappa shape index (κ2) is 3.38. The highest BCUT2D eigenvalue weighted by molar-refractivity contribution is 7.85. The number of nitrogens with one attached hydrogen (secondary N) is 1. The van der Waals surface area contributed by atoms with Gasteiger partial charge in [0, 0.05) is 0 Å². The van der Waals surface area contributed by atoms with Gasteiger partial charge in [-0.1, -0.05) is 12.1 Å². The van der Waals surface area contributed by atoms with E-state index in [4.69, 9.17) is 4.74 Å². The molecule has 0 fully saturated rings. The topological polar surface area (TPSA) is 33.6 Å². The van der Waals surface area contributed by atoms with Gasteiger partial charge in [-0.3, -0.25) is 0 Å². The number of para-hydroxylation sites is 2. The van der Waals surface area contributed by atoms with Crippen molar-refractivity contribution in [1.82, 2.24) is 0 Å². The molecule has 0 aromatic heterocycles. The normalized spacial score (nSPS) is 19.2. The summed E-state index contributed by atoms with van der Waals surface area (Å²) in [4.78, 5) is 0. The summed E-state index contributed by atoms with van der Waals surface area (Å²) in [6.45, 7) is 0. The van der Waals surface area contributed by atoms with Crippen LogP contribution < -0.4 is 10.1 Å². The van der Waals surface area contributed by atoms with E-state index in [-0.39, 0.29) is 17.0 Å². The third-order valence-corrected chi connectivity index (χ3v) is 2.32. The van der Waals surface area contributed by atoms with Crippen LogP contribution in [0.3, 0.4) is 0 Å². The Balaban J connectivity index is 2.18. The van der Waals surface area contributed by atoms with Gasteiger partial charge in [0.25, 0.3) is 6.35 Å². The van der Waals surface area contributed by atoms with Gasteiger partial charge in [-0.05, 0) is 24.6 Å². The summed E-state index contributed by atoms with van der Waals surface area (Å²) in [7, 11) is 0.0438. The molecule has 3 nitrogen and oxygen atoms in total. The van der Waals surface area contributed by atoms with E-state index in [9.17, 15) is 0 Å². The molecule has 13 heavy (non-hydrogen) atoms. The number of nitrogens with zero attached hydrogens (tertiary/aromatic N) is 1. The third kappa shape index (κ3) is 1.83. The highest BCUT2D eigenvalue weighted by atomic mass is 32.2. The Morgan fingerprint density at radius 2 is 2.15 bits per heavy atom. The van der Waals surface area contributed by atoms with E-state index in [2.05, 4.69) is 22.2 Å². The molecule has 0 amide bonds. The van der Waals surface area contributed by atoms with Crippen LogP contribution >= 0.6 is 0 Å². The molecule has 1 aromatic carbocycles. The summed E-state index contributed by atoms with van der Waals surface area (Å²) < 4.78 is 9.93. The van der Waals surface area contributed by atoms with Crippen LogP contribution in [0, 0.1) is 0 Å². The van der Waals surface area contributed by atoms with Crippen molar-refractivity contribution in [3.63, 3.8) is 0 Å². The predicted octanol–water partition coefficient (Wildman–Crippen LogP) is 1.84. The quantitative estimate of drug-likeness (QED) is 0.743. The van der Waals surface area contributed by atoms with Crippen molar-refractivity contribution in [1.29, 1.82) is 0 Å². The standard InChI is InChI=1S/C9H12N2OS/c1-13(2)11-9-10-7-5-3-4-6-8(7)12-9/h3-6,9-10H,1-2H3. The minimum absolute atomic E-state index is 0.0438. The monoisotopic (exact) mass is 196 g/mol. The maximum Gasteiger partial charge on any atom is 0.273 e. The van der Waals surface area contributed by atoms with Crippen molar-refractivity contribution >= 4 is 16.4 Å². The number of ether oxygens (including phenoxy) is 1. The summed E-state index contributed by atoms with van der Waals surface area (Å²) in [6, 6.07) is 7.88. The minimum atomic E-state index is -0.198. The zero-order valence-corrected chi connectivity index (χ0v) is 8.47. The highest BCUT2D eigenvalue weighted by Gasteiger charge is 2.19. The summed E-state index contributed by atoms with van der Waals surface area (Å²) >= 11 is 0. The predicted molar refractivity (Wildman–Crippen MR) is 56.1 cm³/mol. The molecular formula is C9H12N2OS. The first-order chi connectivity index (χ1) is 6.25. The average molecular weight is 196 g/mol. The lowest BCUT2D eigenvalue weighted by molar-refractivity contribution is 0.267. The van der Waals surface area contributed by atoms with Gasteiger partial charge in [0.15, 0.2) is 0 Å². The molecule has 1 atom stereocenters. The molecule has 0 saturated heterocycles. The molecule has 1 unspecified atom stereocenters. The number of rotatable bonds is 1. The molecule has 0 spiro atoms. The van der Waals surface area contributed by atoms with Crippen molar-refractivity contribution < 1.29 is 4.74 Å². The Kier molecular flexibility index (Phi) is 2.22. The average Bonchev–Trinajstić information content (AvgIpc) is 2.44. The van der Waals surface area contributed by atoms with E-state index in [0.717, 1.165) is 11.4 Å². The molecule has 1 N–H and O–H groups in total. The zero-order chi connectivity index (χ0) is 9.26. The zero-order valence-electron chi connectivity index (χ0n) is 7.65. The fraction of sp³-hybridized carbons (Fsp3) is 0.333. The highest BCUT2D eigenvalue weighted by Crippen LogP contribution is 2.31. The van der Waals surface area contributed by atoms with Gasteiger partial charge in [0.05, 0.1) is 5.69 Å². The van der Waals surface area contributed by atoms with Crippen LogP contribution in [0.25, 0.3) is 0 Å². The van der Waals surface area contributed by atoms with Crippen LogP contribution in [0.15, 0.2) is 28.6 Å². The first-order valence-electron chi connectivity index (χ1n) is 4.06. The maximum atomic E-state index is 5.55. The lowest BCUT2D eigenvalue weighted by atomic mass is 10.3. The molecule has 0 saturated carbocycles. The van der Waals surface area contributed by atoms with Gasteiger partial charge in [-0.2, -0.15) is 0 Å². The van der Waals surface area contributed by atoms with Crippen molar-refractivity contribution in [2.75, 3.05) is 17.8 Å². The molecule has 0 radical (unpaired) electrons. The molecule has 0 bridgehead atoms. The number of anilines is 1. The molecule has 70 valence electrons. The summed E-state index contributed by atoms with van der Waals surface area (Å²) in [5, 5.41) is 3.18. The Bertz CT molecular complexity index is 322. The van der Waals surface area contributed by atoms with Crippen molar-refractivity contribution in [3.8, 4) is 5.75 Å². The van der Waals surface area contributed by atoms with Crippen molar-refractivity contribution in [2.45, 2.75) is 6.35 Å². The minimum Gasteiger partial charge on any atom is -0.448 e. The fourth-order valence-corrected chi connectivity index (χ4v) is 1.69. The van der Waals surface area contributed by atoms with E-state index in [1.165, 1.54) is 0 Å².